The van der Waals surface area contributed by atoms with E-state index >= 15 is 0 Å². The highest BCUT2D eigenvalue weighted by Crippen LogP contribution is 2.14. The SMILES string of the molecule is Cc1ccc(C#N)c(N(C)C)n1. The van der Waals surface area contributed by atoms with Crippen molar-refractivity contribution in [2.75, 3.05) is 19.0 Å². The number of pyridine rings is 1. The monoisotopic (exact) mass is 161 g/mol. The second-order valence-electron chi connectivity index (χ2n) is 2.83. The molecule has 1 aromatic rings. The van der Waals surface area contributed by atoms with Crippen molar-refractivity contribution in [2.45, 2.75) is 6.92 Å². The van der Waals surface area contributed by atoms with Gasteiger partial charge in [-0.2, -0.15) is 5.26 Å². The smallest absolute Gasteiger partial charge is 0.146 e. The van der Waals surface area contributed by atoms with E-state index in [-0.39, 0.29) is 0 Å². The highest BCUT2D eigenvalue weighted by atomic mass is 15.1. The first kappa shape index (κ1) is 8.54. The number of rotatable bonds is 1. The molecule has 0 aliphatic rings. The van der Waals surface area contributed by atoms with Crippen LogP contribution in [-0.4, -0.2) is 19.1 Å². The van der Waals surface area contributed by atoms with Crippen molar-refractivity contribution in [1.29, 1.82) is 5.26 Å². The molecule has 1 aromatic heterocycles. The number of nitrogens with zero attached hydrogens (tertiary/aromatic N) is 3. The second kappa shape index (κ2) is 3.22. The highest BCUT2D eigenvalue weighted by molar-refractivity contribution is 5.53. The zero-order valence-corrected chi connectivity index (χ0v) is 7.50. The van der Waals surface area contributed by atoms with Crippen LogP contribution in [0.1, 0.15) is 11.3 Å². The number of aryl methyl sites for hydroxylation is 1. The molecule has 0 saturated carbocycles. The molecule has 1 heterocycles. The minimum absolute atomic E-state index is 0.616. The summed E-state index contributed by atoms with van der Waals surface area (Å²) in [5.41, 5.74) is 1.54. The van der Waals surface area contributed by atoms with Gasteiger partial charge in [0.05, 0.1) is 5.56 Å². The molecule has 0 unspecified atom stereocenters. The highest BCUT2D eigenvalue weighted by Gasteiger charge is 2.04. The van der Waals surface area contributed by atoms with Crippen molar-refractivity contribution >= 4 is 5.82 Å². The Kier molecular flexibility index (Phi) is 2.29. The molecule has 0 saturated heterocycles. The van der Waals surface area contributed by atoms with E-state index in [1.807, 2.05) is 32.0 Å². The van der Waals surface area contributed by atoms with Crippen LogP contribution in [0, 0.1) is 18.3 Å². The molecular formula is C9H11N3. The first-order valence-electron chi connectivity index (χ1n) is 3.70. The van der Waals surface area contributed by atoms with Gasteiger partial charge in [0, 0.05) is 19.8 Å². The van der Waals surface area contributed by atoms with E-state index in [1.54, 1.807) is 6.07 Å². The molecule has 0 atom stereocenters. The minimum atomic E-state index is 0.616. The molecular weight excluding hydrogens is 150 g/mol. The molecule has 3 nitrogen and oxygen atoms in total. The van der Waals surface area contributed by atoms with Crippen LogP contribution in [0.4, 0.5) is 5.82 Å². The lowest BCUT2D eigenvalue weighted by Gasteiger charge is -2.12. The largest absolute Gasteiger partial charge is 0.362 e. The van der Waals surface area contributed by atoms with Crippen molar-refractivity contribution in [3.8, 4) is 6.07 Å². The lowest BCUT2D eigenvalue weighted by molar-refractivity contribution is 1.04. The maximum atomic E-state index is 8.74. The number of aromatic nitrogens is 1. The molecule has 0 aliphatic heterocycles. The van der Waals surface area contributed by atoms with Crippen LogP contribution in [0.5, 0.6) is 0 Å². The molecule has 0 radical (unpaired) electrons. The molecule has 1 rings (SSSR count). The fraction of sp³-hybridized carbons (Fsp3) is 0.333. The van der Waals surface area contributed by atoms with Gasteiger partial charge < -0.3 is 4.90 Å². The van der Waals surface area contributed by atoms with Gasteiger partial charge in [-0.15, -0.1) is 0 Å². The molecule has 0 aliphatic carbocycles. The molecule has 0 spiro atoms. The molecule has 3 heteroatoms. The summed E-state index contributed by atoms with van der Waals surface area (Å²) in [6.45, 7) is 1.91. The van der Waals surface area contributed by atoms with Crippen LogP contribution >= 0.6 is 0 Å². The van der Waals surface area contributed by atoms with Gasteiger partial charge in [-0.05, 0) is 19.1 Å². The summed E-state index contributed by atoms with van der Waals surface area (Å²) in [4.78, 5) is 6.09. The maximum Gasteiger partial charge on any atom is 0.146 e. The van der Waals surface area contributed by atoms with Gasteiger partial charge in [0.2, 0.25) is 0 Å². The number of hydrogen-bond donors (Lipinski definition) is 0. The third kappa shape index (κ3) is 1.54. The fourth-order valence-electron chi connectivity index (χ4n) is 0.971. The van der Waals surface area contributed by atoms with E-state index in [4.69, 9.17) is 5.26 Å². The minimum Gasteiger partial charge on any atom is -0.362 e. The Balaban J connectivity index is 3.24. The Morgan fingerprint density at radius 1 is 1.42 bits per heavy atom. The Bertz CT molecular complexity index is 323. The van der Waals surface area contributed by atoms with E-state index in [0.29, 0.717) is 5.56 Å². The predicted octanol–water partition coefficient (Wildman–Crippen LogP) is 1.33. The summed E-state index contributed by atoms with van der Waals surface area (Å²) < 4.78 is 0. The summed E-state index contributed by atoms with van der Waals surface area (Å²) in [6, 6.07) is 5.73. The number of nitriles is 1. The average Bonchev–Trinajstić information content (AvgIpc) is 2.04. The van der Waals surface area contributed by atoms with Crippen LogP contribution in [0.15, 0.2) is 12.1 Å². The summed E-state index contributed by atoms with van der Waals surface area (Å²) in [5, 5.41) is 8.74. The van der Waals surface area contributed by atoms with Gasteiger partial charge in [-0.3, -0.25) is 0 Å². The lowest BCUT2D eigenvalue weighted by atomic mass is 10.2. The first-order valence-corrected chi connectivity index (χ1v) is 3.70. The van der Waals surface area contributed by atoms with Gasteiger partial charge in [0.1, 0.15) is 11.9 Å². The predicted molar refractivity (Wildman–Crippen MR) is 48.0 cm³/mol. The van der Waals surface area contributed by atoms with Crippen LogP contribution in [0.3, 0.4) is 0 Å². The van der Waals surface area contributed by atoms with Crippen LogP contribution < -0.4 is 4.90 Å². The van der Waals surface area contributed by atoms with Gasteiger partial charge in [0.15, 0.2) is 0 Å². The molecule has 12 heavy (non-hydrogen) atoms. The first-order chi connectivity index (χ1) is 5.65. The normalized spacial score (nSPS) is 9.17. The summed E-state index contributed by atoms with van der Waals surface area (Å²) in [7, 11) is 3.76. The molecule has 0 N–H and O–H groups in total. The Hall–Kier alpha value is -1.56. The van der Waals surface area contributed by atoms with Gasteiger partial charge in [0.25, 0.3) is 0 Å². The molecule has 62 valence electrons. The fourth-order valence-corrected chi connectivity index (χ4v) is 0.971. The average molecular weight is 161 g/mol. The molecule has 0 bridgehead atoms. The van der Waals surface area contributed by atoms with Crippen LogP contribution in [0.25, 0.3) is 0 Å². The van der Waals surface area contributed by atoms with E-state index in [2.05, 4.69) is 11.1 Å². The zero-order valence-electron chi connectivity index (χ0n) is 7.50. The van der Waals surface area contributed by atoms with Crippen LogP contribution in [0.2, 0.25) is 0 Å². The topological polar surface area (TPSA) is 39.9 Å². The lowest BCUT2D eigenvalue weighted by Crippen LogP contribution is -2.12. The Labute approximate surface area is 72.3 Å². The van der Waals surface area contributed by atoms with Crippen molar-refractivity contribution in [1.82, 2.24) is 4.98 Å². The van der Waals surface area contributed by atoms with Crippen molar-refractivity contribution < 1.29 is 0 Å². The maximum absolute atomic E-state index is 8.74. The Morgan fingerprint density at radius 2 is 2.08 bits per heavy atom. The summed E-state index contributed by atoms with van der Waals surface area (Å²) >= 11 is 0. The van der Waals surface area contributed by atoms with E-state index in [0.717, 1.165) is 11.5 Å². The van der Waals surface area contributed by atoms with Crippen LogP contribution in [-0.2, 0) is 0 Å². The molecule has 0 aromatic carbocycles. The van der Waals surface area contributed by atoms with E-state index in [1.165, 1.54) is 0 Å². The third-order valence-corrected chi connectivity index (χ3v) is 1.56. The van der Waals surface area contributed by atoms with Crippen molar-refractivity contribution in [2.24, 2.45) is 0 Å². The number of hydrogen-bond acceptors (Lipinski definition) is 3. The second-order valence-corrected chi connectivity index (χ2v) is 2.83. The molecule has 0 fully saturated rings. The Morgan fingerprint density at radius 3 is 2.58 bits per heavy atom. The van der Waals surface area contributed by atoms with Gasteiger partial charge in [-0.1, -0.05) is 0 Å². The third-order valence-electron chi connectivity index (χ3n) is 1.56. The van der Waals surface area contributed by atoms with Crippen molar-refractivity contribution in [3.63, 3.8) is 0 Å². The molecule has 0 amide bonds. The quantitative estimate of drug-likeness (QED) is 0.623. The van der Waals surface area contributed by atoms with Gasteiger partial charge in [-0.25, -0.2) is 4.98 Å². The summed E-state index contributed by atoms with van der Waals surface area (Å²) in [5.74, 6) is 0.734. The van der Waals surface area contributed by atoms with E-state index < -0.39 is 0 Å². The van der Waals surface area contributed by atoms with Crippen molar-refractivity contribution in [3.05, 3.63) is 23.4 Å². The van der Waals surface area contributed by atoms with Gasteiger partial charge >= 0.3 is 0 Å². The number of anilines is 1. The summed E-state index contributed by atoms with van der Waals surface area (Å²) in [6.07, 6.45) is 0. The zero-order chi connectivity index (χ0) is 9.14. The standard InChI is InChI=1S/C9H11N3/c1-7-4-5-8(6-10)9(11-7)12(2)3/h4-5H,1-3H3. The van der Waals surface area contributed by atoms with E-state index in [9.17, 15) is 0 Å².